The van der Waals surface area contributed by atoms with E-state index in [1.165, 1.54) is 0 Å². The van der Waals surface area contributed by atoms with E-state index in [0.717, 1.165) is 45.4 Å². The monoisotopic (exact) mass is 261 g/mol. The summed E-state index contributed by atoms with van der Waals surface area (Å²) in [6.07, 6.45) is 3.62. The summed E-state index contributed by atoms with van der Waals surface area (Å²) in [5, 5.41) is 10.2. The SMILES string of the molecule is CCCC(O)C(CC)N(CCCOC)CCOC. The lowest BCUT2D eigenvalue weighted by molar-refractivity contribution is 0.0229. The van der Waals surface area contributed by atoms with Gasteiger partial charge in [0.2, 0.25) is 0 Å². The number of nitrogens with zero attached hydrogens (tertiary/aromatic N) is 1. The quantitative estimate of drug-likeness (QED) is 0.545. The van der Waals surface area contributed by atoms with Gasteiger partial charge in [-0.2, -0.15) is 0 Å². The zero-order chi connectivity index (χ0) is 13.8. The van der Waals surface area contributed by atoms with Gasteiger partial charge in [-0.1, -0.05) is 20.3 Å². The molecule has 0 aromatic carbocycles. The zero-order valence-corrected chi connectivity index (χ0v) is 12.5. The van der Waals surface area contributed by atoms with Crippen molar-refractivity contribution in [2.75, 3.05) is 40.5 Å². The van der Waals surface area contributed by atoms with Gasteiger partial charge < -0.3 is 14.6 Å². The molecule has 0 saturated carbocycles. The highest BCUT2D eigenvalue weighted by atomic mass is 16.5. The Morgan fingerprint density at radius 3 is 2.22 bits per heavy atom. The van der Waals surface area contributed by atoms with Gasteiger partial charge in [0.15, 0.2) is 0 Å². The van der Waals surface area contributed by atoms with Crippen molar-refractivity contribution in [3.05, 3.63) is 0 Å². The van der Waals surface area contributed by atoms with E-state index in [1.807, 2.05) is 0 Å². The molecule has 0 radical (unpaired) electrons. The van der Waals surface area contributed by atoms with Crippen LogP contribution >= 0.6 is 0 Å². The Morgan fingerprint density at radius 1 is 1.06 bits per heavy atom. The normalized spacial score (nSPS) is 15.0. The highest BCUT2D eigenvalue weighted by Gasteiger charge is 2.23. The minimum atomic E-state index is -0.237. The molecule has 0 aromatic heterocycles. The van der Waals surface area contributed by atoms with Crippen molar-refractivity contribution in [1.29, 1.82) is 0 Å². The predicted octanol–water partition coefficient (Wildman–Crippen LogP) is 1.91. The van der Waals surface area contributed by atoms with Crippen molar-refractivity contribution in [3.63, 3.8) is 0 Å². The van der Waals surface area contributed by atoms with Crippen LogP contribution in [-0.4, -0.2) is 62.7 Å². The molecule has 0 bridgehead atoms. The van der Waals surface area contributed by atoms with Gasteiger partial charge in [0.1, 0.15) is 0 Å². The van der Waals surface area contributed by atoms with E-state index in [-0.39, 0.29) is 12.1 Å². The van der Waals surface area contributed by atoms with Crippen LogP contribution in [0.2, 0.25) is 0 Å². The lowest BCUT2D eigenvalue weighted by Crippen LogP contribution is -2.45. The molecule has 1 N–H and O–H groups in total. The topological polar surface area (TPSA) is 41.9 Å². The van der Waals surface area contributed by atoms with Crippen LogP contribution in [0.3, 0.4) is 0 Å². The van der Waals surface area contributed by atoms with Gasteiger partial charge in [-0.05, 0) is 19.3 Å². The van der Waals surface area contributed by atoms with Crippen LogP contribution in [0.15, 0.2) is 0 Å². The summed E-state index contributed by atoms with van der Waals surface area (Å²) < 4.78 is 10.3. The number of hydrogen-bond acceptors (Lipinski definition) is 4. The summed E-state index contributed by atoms with van der Waals surface area (Å²) in [6, 6.07) is 0.233. The molecule has 4 heteroatoms. The van der Waals surface area contributed by atoms with Crippen molar-refractivity contribution in [1.82, 2.24) is 4.90 Å². The molecule has 0 amide bonds. The minimum absolute atomic E-state index is 0.233. The average molecular weight is 261 g/mol. The molecule has 110 valence electrons. The lowest BCUT2D eigenvalue weighted by Gasteiger charge is -2.34. The summed E-state index contributed by atoms with van der Waals surface area (Å²) in [4.78, 5) is 2.34. The molecule has 2 unspecified atom stereocenters. The second-order valence-electron chi connectivity index (χ2n) is 4.71. The second-order valence-corrected chi connectivity index (χ2v) is 4.71. The van der Waals surface area contributed by atoms with E-state index < -0.39 is 0 Å². The first-order valence-electron chi connectivity index (χ1n) is 7.11. The van der Waals surface area contributed by atoms with Crippen molar-refractivity contribution < 1.29 is 14.6 Å². The smallest absolute Gasteiger partial charge is 0.0695 e. The summed E-state index contributed by atoms with van der Waals surface area (Å²) in [6.45, 7) is 7.56. The molecule has 0 aliphatic carbocycles. The molecule has 2 atom stereocenters. The average Bonchev–Trinajstić information content (AvgIpc) is 2.36. The Kier molecular flexibility index (Phi) is 11.8. The third-order valence-electron chi connectivity index (χ3n) is 3.29. The molecule has 0 spiro atoms. The molecule has 0 aromatic rings. The van der Waals surface area contributed by atoms with Crippen LogP contribution in [0.25, 0.3) is 0 Å². The number of rotatable bonds is 12. The number of ether oxygens (including phenoxy) is 2. The highest BCUT2D eigenvalue weighted by Crippen LogP contribution is 2.14. The molecule has 0 saturated heterocycles. The number of aliphatic hydroxyl groups excluding tert-OH is 1. The number of hydrogen-bond donors (Lipinski definition) is 1. The van der Waals surface area contributed by atoms with Crippen molar-refractivity contribution in [2.24, 2.45) is 0 Å². The highest BCUT2D eigenvalue weighted by molar-refractivity contribution is 4.78. The fourth-order valence-corrected chi connectivity index (χ4v) is 2.33. The van der Waals surface area contributed by atoms with Gasteiger partial charge in [-0.15, -0.1) is 0 Å². The van der Waals surface area contributed by atoms with Crippen molar-refractivity contribution >= 4 is 0 Å². The van der Waals surface area contributed by atoms with Crippen LogP contribution < -0.4 is 0 Å². The number of methoxy groups -OCH3 is 2. The predicted molar refractivity (Wildman–Crippen MR) is 74.9 cm³/mol. The third-order valence-corrected chi connectivity index (χ3v) is 3.29. The van der Waals surface area contributed by atoms with E-state index in [9.17, 15) is 5.11 Å². The van der Waals surface area contributed by atoms with Crippen LogP contribution in [-0.2, 0) is 9.47 Å². The molecule has 0 aliphatic rings. The van der Waals surface area contributed by atoms with Gasteiger partial charge in [-0.25, -0.2) is 0 Å². The fraction of sp³-hybridized carbons (Fsp3) is 1.00. The summed E-state index contributed by atoms with van der Waals surface area (Å²) in [5.41, 5.74) is 0. The van der Waals surface area contributed by atoms with Gasteiger partial charge >= 0.3 is 0 Å². The van der Waals surface area contributed by atoms with E-state index in [1.54, 1.807) is 14.2 Å². The maximum atomic E-state index is 10.2. The number of aliphatic hydroxyl groups is 1. The Morgan fingerprint density at radius 2 is 1.72 bits per heavy atom. The first kappa shape index (κ1) is 17.8. The molecule has 0 fully saturated rings. The lowest BCUT2D eigenvalue weighted by atomic mass is 10.0. The maximum absolute atomic E-state index is 10.2. The molecule has 18 heavy (non-hydrogen) atoms. The summed E-state index contributed by atoms with van der Waals surface area (Å²) >= 11 is 0. The van der Waals surface area contributed by atoms with E-state index in [4.69, 9.17) is 9.47 Å². The van der Waals surface area contributed by atoms with E-state index >= 15 is 0 Å². The molecule has 0 rings (SSSR count). The molecular formula is C14H31NO3. The molecule has 4 nitrogen and oxygen atoms in total. The fourth-order valence-electron chi connectivity index (χ4n) is 2.33. The van der Waals surface area contributed by atoms with Gasteiger partial charge in [-0.3, -0.25) is 4.90 Å². The Bertz CT molecular complexity index is 178. The summed E-state index contributed by atoms with van der Waals surface area (Å²) in [7, 11) is 3.44. The van der Waals surface area contributed by atoms with Crippen molar-refractivity contribution in [2.45, 2.75) is 51.7 Å². The first-order valence-corrected chi connectivity index (χ1v) is 7.11. The Labute approximate surface area is 112 Å². The summed E-state index contributed by atoms with van der Waals surface area (Å²) in [5.74, 6) is 0. The van der Waals surface area contributed by atoms with E-state index in [2.05, 4.69) is 18.7 Å². The minimum Gasteiger partial charge on any atom is -0.391 e. The Hall–Kier alpha value is -0.160. The zero-order valence-electron chi connectivity index (χ0n) is 12.5. The van der Waals surface area contributed by atoms with Crippen LogP contribution in [0.1, 0.15) is 39.5 Å². The van der Waals surface area contributed by atoms with Gasteiger partial charge in [0.25, 0.3) is 0 Å². The van der Waals surface area contributed by atoms with Crippen molar-refractivity contribution in [3.8, 4) is 0 Å². The molecule has 0 aliphatic heterocycles. The van der Waals surface area contributed by atoms with Gasteiger partial charge in [0, 0.05) is 40.0 Å². The molecule has 0 heterocycles. The van der Waals surface area contributed by atoms with Crippen LogP contribution in [0, 0.1) is 0 Å². The van der Waals surface area contributed by atoms with Crippen LogP contribution in [0.4, 0.5) is 0 Å². The van der Waals surface area contributed by atoms with Crippen LogP contribution in [0.5, 0.6) is 0 Å². The standard InChI is InChI=1S/C14H31NO3/c1-5-8-14(16)13(6-2)15(10-12-18-4)9-7-11-17-3/h13-14,16H,5-12H2,1-4H3. The van der Waals surface area contributed by atoms with Gasteiger partial charge in [0.05, 0.1) is 12.7 Å². The maximum Gasteiger partial charge on any atom is 0.0695 e. The second kappa shape index (κ2) is 11.9. The molecular weight excluding hydrogens is 230 g/mol. The third kappa shape index (κ3) is 7.31. The largest absolute Gasteiger partial charge is 0.391 e. The Balaban J connectivity index is 4.35. The van der Waals surface area contributed by atoms with E-state index in [0.29, 0.717) is 6.61 Å². The first-order chi connectivity index (χ1) is 8.71.